The molecule has 0 bridgehead atoms. The van der Waals surface area contributed by atoms with Gasteiger partial charge >= 0.3 is 0 Å². The lowest BCUT2D eigenvalue weighted by atomic mass is 10.1. The Labute approximate surface area is 190 Å². The van der Waals surface area contributed by atoms with Crippen molar-refractivity contribution in [2.24, 2.45) is 0 Å². The predicted molar refractivity (Wildman–Crippen MR) is 123 cm³/mol. The summed E-state index contributed by atoms with van der Waals surface area (Å²) in [7, 11) is 0. The van der Waals surface area contributed by atoms with Crippen LogP contribution in [-0.4, -0.2) is 66.6 Å². The fourth-order valence-corrected chi connectivity index (χ4v) is 4.00. The van der Waals surface area contributed by atoms with E-state index in [-0.39, 0.29) is 18.0 Å². The van der Waals surface area contributed by atoms with Crippen molar-refractivity contribution in [1.29, 1.82) is 0 Å². The second-order valence-electron chi connectivity index (χ2n) is 8.01. The molecule has 1 amide bonds. The minimum atomic E-state index is -0.290. The number of hydrogen-bond donors (Lipinski definition) is 0. The first-order valence-corrected chi connectivity index (χ1v) is 10.9. The molecule has 1 aromatic carbocycles. The zero-order chi connectivity index (χ0) is 22.8. The van der Waals surface area contributed by atoms with Crippen molar-refractivity contribution in [1.82, 2.24) is 34.5 Å². The van der Waals surface area contributed by atoms with E-state index >= 15 is 0 Å². The number of fused-ring (bicyclic) bond motifs is 1. The van der Waals surface area contributed by atoms with E-state index in [1.54, 1.807) is 15.5 Å². The van der Waals surface area contributed by atoms with E-state index < -0.39 is 0 Å². The number of rotatable bonds is 4. The Kier molecular flexibility index (Phi) is 5.55. The second kappa shape index (κ2) is 8.81. The van der Waals surface area contributed by atoms with E-state index in [4.69, 9.17) is 0 Å². The van der Waals surface area contributed by atoms with E-state index in [1.165, 1.54) is 10.7 Å². The normalized spacial score (nSPS) is 14.5. The summed E-state index contributed by atoms with van der Waals surface area (Å²) in [6.07, 6.45) is 0.805. The van der Waals surface area contributed by atoms with Gasteiger partial charge in [0.05, 0.1) is 5.69 Å². The van der Waals surface area contributed by atoms with Gasteiger partial charge in [0.1, 0.15) is 12.4 Å². The van der Waals surface area contributed by atoms with Crippen LogP contribution in [0.4, 0.5) is 5.82 Å². The lowest BCUT2D eigenvalue weighted by Crippen LogP contribution is -2.39. The standard InChI is InChI=1S/C23H24N8O2/c1-17-24-25-20-9-10-21(27-31(17)20)28-12-5-13-29(15-14-28)23(33)16-30-22(32)11-8-19(26-30)18-6-3-2-4-7-18/h2-4,6-11H,5,12-16H2,1H3. The van der Waals surface area contributed by atoms with E-state index in [9.17, 15) is 9.59 Å². The Morgan fingerprint density at radius 1 is 0.909 bits per heavy atom. The molecule has 0 unspecified atom stereocenters. The second-order valence-corrected chi connectivity index (χ2v) is 8.01. The van der Waals surface area contributed by atoms with Gasteiger partial charge in [0.15, 0.2) is 11.5 Å². The highest BCUT2D eigenvalue weighted by molar-refractivity contribution is 5.76. The van der Waals surface area contributed by atoms with Crippen molar-refractivity contribution in [3.8, 4) is 11.3 Å². The molecule has 1 aliphatic rings. The third-order valence-corrected chi connectivity index (χ3v) is 5.80. The first-order valence-electron chi connectivity index (χ1n) is 10.9. The summed E-state index contributed by atoms with van der Waals surface area (Å²) in [6, 6.07) is 16.6. The van der Waals surface area contributed by atoms with Crippen molar-refractivity contribution in [2.75, 3.05) is 31.1 Å². The lowest BCUT2D eigenvalue weighted by molar-refractivity contribution is -0.131. The number of aromatic nitrogens is 6. The van der Waals surface area contributed by atoms with Crippen LogP contribution in [0.25, 0.3) is 16.9 Å². The van der Waals surface area contributed by atoms with Gasteiger partial charge in [-0.1, -0.05) is 30.3 Å². The maximum absolute atomic E-state index is 13.0. The molecule has 0 spiro atoms. The fourth-order valence-electron chi connectivity index (χ4n) is 4.00. The van der Waals surface area contributed by atoms with Crippen LogP contribution < -0.4 is 10.5 Å². The Morgan fingerprint density at radius 2 is 1.76 bits per heavy atom. The molecule has 0 aliphatic carbocycles. The zero-order valence-electron chi connectivity index (χ0n) is 18.3. The molecule has 5 rings (SSSR count). The molecule has 1 aliphatic heterocycles. The SMILES string of the molecule is Cc1nnc2ccc(N3CCCN(C(=O)Cn4nc(-c5ccccc5)ccc4=O)CC3)nn12. The van der Waals surface area contributed by atoms with Crippen LogP contribution in [0.2, 0.25) is 0 Å². The van der Waals surface area contributed by atoms with Gasteiger partial charge < -0.3 is 9.80 Å². The van der Waals surface area contributed by atoms with Crippen molar-refractivity contribution in [3.63, 3.8) is 0 Å². The number of anilines is 1. The van der Waals surface area contributed by atoms with Gasteiger partial charge in [-0.2, -0.15) is 9.61 Å². The van der Waals surface area contributed by atoms with Crippen LogP contribution in [0.1, 0.15) is 12.2 Å². The van der Waals surface area contributed by atoms with Gasteiger partial charge in [-0.3, -0.25) is 9.59 Å². The number of amides is 1. The summed E-state index contributed by atoms with van der Waals surface area (Å²) in [4.78, 5) is 29.3. The van der Waals surface area contributed by atoms with E-state index in [0.717, 1.165) is 30.2 Å². The fraction of sp³-hybridized carbons (Fsp3) is 0.304. The molecule has 10 nitrogen and oxygen atoms in total. The maximum Gasteiger partial charge on any atom is 0.267 e. The van der Waals surface area contributed by atoms with Crippen molar-refractivity contribution in [3.05, 3.63) is 70.8 Å². The van der Waals surface area contributed by atoms with Gasteiger partial charge in [-0.15, -0.1) is 15.3 Å². The van der Waals surface area contributed by atoms with E-state index in [2.05, 4.69) is 25.3 Å². The summed E-state index contributed by atoms with van der Waals surface area (Å²) in [5.41, 5.74) is 1.98. The summed E-state index contributed by atoms with van der Waals surface area (Å²) >= 11 is 0. The molecule has 4 aromatic rings. The molecule has 168 valence electrons. The summed E-state index contributed by atoms with van der Waals surface area (Å²) in [5, 5.41) is 17.2. The van der Waals surface area contributed by atoms with Gasteiger partial charge in [0.25, 0.3) is 5.56 Å². The van der Waals surface area contributed by atoms with Crippen LogP contribution in [0.5, 0.6) is 0 Å². The molecular formula is C23H24N8O2. The van der Waals surface area contributed by atoms with Gasteiger partial charge in [-0.25, -0.2) is 4.68 Å². The van der Waals surface area contributed by atoms with Crippen LogP contribution >= 0.6 is 0 Å². The molecule has 10 heteroatoms. The zero-order valence-corrected chi connectivity index (χ0v) is 18.3. The van der Waals surface area contributed by atoms with Crippen molar-refractivity contribution in [2.45, 2.75) is 19.9 Å². The minimum absolute atomic E-state index is 0.0797. The van der Waals surface area contributed by atoms with Crippen LogP contribution in [0.15, 0.2) is 59.4 Å². The van der Waals surface area contributed by atoms with Gasteiger partial charge in [-0.05, 0) is 31.5 Å². The monoisotopic (exact) mass is 444 g/mol. The molecule has 0 saturated carbocycles. The highest BCUT2D eigenvalue weighted by atomic mass is 16.2. The first kappa shape index (κ1) is 20.8. The number of benzene rings is 1. The third kappa shape index (κ3) is 4.32. The summed E-state index contributed by atoms with van der Waals surface area (Å²) in [5.74, 6) is 1.44. The van der Waals surface area contributed by atoms with Crippen LogP contribution in [0.3, 0.4) is 0 Å². The molecule has 4 heterocycles. The molecule has 1 fully saturated rings. The highest BCUT2D eigenvalue weighted by Crippen LogP contribution is 2.16. The smallest absolute Gasteiger partial charge is 0.267 e. The number of nitrogens with zero attached hydrogens (tertiary/aromatic N) is 8. The van der Waals surface area contributed by atoms with Crippen molar-refractivity contribution < 1.29 is 4.79 Å². The first-order chi connectivity index (χ1) is 16.1. The summed E-state index contributed by atoms with van der Waals surface area (Å²) < 4.78 is 2.97. The van der Waals surface area contributed by atoms with Crippen molar-refractivity contribution >= 4 is 17.4 Å². The molecular weight excluding hydrogens is 420 g/mol. The highest BCUT2D eigenvalue weighted by Gasteiger charge is 2.21. The topological polar surface area (TPSA) is 102 Å². The summed E-state index contributed by atoms with van der Waals surface area (Å²) in [6.45, 7) is 4.39. The molecule has 33 heavy (non-hydrogen) atoms. The Balaban J connectivity index is 1.28. The largest absolute Gasteiger partial charge is 0.353 e. The molecule has 1 saturated heterocycles. The number of aryl methyl sites for hydroxylation is 1. The Bertz CT molecular complexity index is 1350. The molecule has 3 aromatic heterocycles. The predicted octanol–water partition coefficient (Wildman–Crippen LogP) is 1.40. The average molecular weight is 444 g/mol. The molecule has 0 atom stereocenters. The maximum atomic E-state index is 13.0. The average Bonchev–Trinajstić information content (AvgIpc) is 3.05. The Hall–Kier alpha value is -4.08. The lowest BCUT2D eigenvalue weighted by Gasteiger charge is -2.23. The quantitative estimate of drug-likeness (QED) is 0.469. The van der Waals surface area contributed by atoms with E-state index in [0.29, 0.717) is 31.0 Å². The number of hydrogen-bond acceptors (Lipinski definition) is 7. The number of carbonyl (C=O) groups excluding carboxylic acids is 1. The molecule has 0 radical (unpaired) electrons. The van der Waals surface area contributed by atoms with Gasteiger partial charge in [0.2, 0.25) is 5.91 Å². The van der Waals surface area contributed by atoms with Crippen LogP contribution in [0, 0.1) is 6.92 Å². The minimum Gasteiger partial charge on any atom is -0.353 e. The van der Waals surface area contributed by atoms with Gasteiger partial charge in [0, 0.05) is 37.8 Å². The van der Waals surface area contributed by atoms with Crippen LogP contribution in [-0.2, 0) is 11.3 Å². The van der Waals surface area contributed by atoms with E-state index in [1.807, 2.05) is 49.4 Å². The molecule has 0 N–H and O–H groups in total. The third-order valence-electron chi connectivity index (χ3n) is 5.80. The number of carbonyl (C=O) groups is 1. The Morgan fingerprint density at radius 3 is 2.61 bits per heavy atom.